The summed E-state index contributed by atoms with van der Waals surface area (Å²) in [5.74, 6) is 0. The summed E-state index contributed by atoms with van der Waals surface area (Å²) >= 11 is 0. The highest BCUT2D eigenvalue weighted by molar-refractivity contribution is 4.92. The molecule has 0 bridgehead atoms. The van der Waals surface area contributed by atoms with E-state index in [2.05, 4.69) is 35.7 Å². The van der Waals surface area contributed by atoms with E-state index in [0.29, 0.717) is 0 Å². The lowest BCUT2D eigenvalue weighted by Gasteiger charge is -2.19. The van der Waals surface area contributed by atoms with Crippen molar-refractivity contribution < 1.29 is 0 Å². The van der Waals surface area contributed by atoms with Gasteiger partial charge in [-0.15, -0.1) is 6.58 Å². The smallest absolute Gasteiger partial charge is 0.0896 e. The number of hydrogen-bond acceptors (Lipinski definition) is 2. The Balaban J connectivity index is 2.24. The van der Waals surface area contributed by atoms with Gasteiger partial charge in [-0.1, -0.05) is 13.0 Å². The molecular weight excluding hydrogens is 136 g/mol. The second-order valence-corrected chi connectivity index (χ2v) is 2.81. The van der Waals surface area contributed by atoms with E-state index in [4.69, 9.17) is 0 Å². The summed E-state index contributed by atoms with van der Waals surface area (Å²) in [6.45, 7) is 9.04. The van der Waals surface area contributed by atoms with Crippen LogP contribution in [0, 0.1) is 0 Å². The first-order valence-electron chi connectivity index (χ1n) is 4.14. The molecule has 2 nitrogen and oxygen atoms in total. The Kier molecular flexibility index (Phi) is 3.02. The highest BCUT2D eigenvalue weighted by Crippen LogP contribution is 2.05. The van der Waals surface area contributed by atoms with Gasteiger partial charge >= 0.3 is 0 Å². The Bertz CT molecular complexity index is 152. The van der Waals surface area contributed by atoms with E-state index in [9.17, 15) is 0 Å². The van der Waals surface area contributed by atoms with Crippen molar-refractivity contribution in [2.45, 2.75) is 13.3 Å². The van der Waals surface area contributed by atoms with Crippen LogP contribution >= 0.6 is 0 Å². The Morgan fingerprint density at radius 2 is 2.18 bits per heavy atom. The lowest BCUT2D eigenvalue weighted by atomic mass is 10.4. The van der Waals surface area contributed by atoms with E-state index >= 15 is 0 Å². The van der Waals surface area contributed by atoms with Crippen molar-refractivity contribution in [2.75, 3.05) is 19.8 Å². The topological polar surface area (TPSA) is 6.48 Å². The highest BCUT2D eigenvalue weighted by Gasteiger charge is 2.08. The quantitative estimate of drug-likeness (QED) is 0.565. The molecule has 0 fully saturated rings. The third-order valence-electron chi connectivity index (χ3n) is 1.73. The summed E-state index contributed by atoms with van der Waals surface area (Å²) in [7, 11) is 0. The van der Waals surface area contributed by atoms with E-state index in [0.717, 1.165) is 19.8 Å². The Labute approximate surface area is 68.8 Å². The standard InChI is InChI=1S/C9H16N2/c1-3-5-10-7-8-11(9-10)6-4-2/h3,7-8H,1,4-6,9H2,2H3. The van der Waals surface area contributed by atoms with Crippen LogP contribution in [0.5, 0.6) is 0 Å². The molecule has 1 rings (SSSR count). The third-order valence-corrected chi connectivity index (χ3v) is 1.73. The maximum absolute atomic E-state index is 3.70. The average Bonchev–Trinajstić information content (AvgIpc) is 2.38. The van der Waals surface area contributed by atoms with E-state index in [1.54, 1.807) is 0 Å². The molecule has 0 aromatic rings. The van der Waals surface area contributed by atoms with Crippen LogP contribution in [0.3, 0.4) is 0 Å². The van der Waals surface area contributed by atoms with Gasteiger partial charge in [0.25, 0.3) is 0 Å². The minimum atomic E-state index is 0.955. The van der Waals surface area contributed by atoms with Crippen molar-refractivity contribution in [3.63, 3.8) is 0 Å². The monoisotopic (exact) mass is 152 g/mol. The fourth-order valence-corrected chi connectivity index (χ4v) is 1.23. The fraction of sp³-hybridized carbons (Fsp3) is 0.556. The van der Waals surface area contributed by atoms with Gasteiger partial charge in [-0.3, -0.25) is 0 Å². The normalized spacial score (nSPS) is 16.1. The van der Waals surface area contributed by atoms with Gasteiger partial charge in [-0.05, 0) is 6.42 Å². The molecule has 0 unspecified atom stereocenters. The van der Waals surface area contributed by atoms with Crippen LogP contribution in [0.2, 0.25) is 0 Å². The molecule has 62 valence electrons. The van der Waals surface area contributed by atoms with Crippen LogP contribution in [0.25, 0.3) is 0 Å². The predicted octanol–water partition coefficient (Wildman–Crippen LogP) is 1.63. The Morgan fingerprint density at radius 1 is 1.45 bits per heavy atom. The van der Waals surface area contributed by atoms with Crippen molar-refractivity contribution >= 4 is 0 Å². The predicted molar refractivity (Wildman–Crippen MR) is 47.9 cm³/mol. The molecule has 0 spiro atoms. The largest absolute Gasteiger partial charge is 0.359 e. The zero-order valence-electron chi connectivity index (χ0n) is 7.16. The van der Waals surface area contributed by atoms with E-state index in [1.165, 1.54) is 6.42 Å². The fourth-order valence-electron chi connectivity index (χ4n) is 1.23. The first kappa shape index (κ1) is 8.18. The SMILES string of the molecule is C=CCN1C=CN(CCC)C1. The van der Waals surface area contributed by atoms with Crippen LogP contribution < -0.4 is 0 Å². The maximum atomic E-state index is 3.70. The number of rotatable bonds is 4. The zero-order valence-corrected chi connectivity index (χ0v) is 7.16. The first-order chi connectivity index (χ1) is 5.36. The summed E-state index contributed by atoms with van der Waals surface area (Å²) in [5, 5.41) is 0. The second kappa shape index (κ2) is 4.06. The summed E-state index contributed by atoms with van der Waals surface area (Å²) < 4.78 is 0. The van der Waals surface area contributed by atoms with Gasteiger partial charge in [0.1, 0.15) is 0 Å². The zero-order chi connectivity index (χ0) is 8.10. The third kappa shape index (κ3) is 2.30. The molecule has 0 aromatic heterocycles. The van der Waals surface area contributed by atoms with Crippen LogP contribution in [0.4, 0.5) is 0 Å². The van der Waals surface area contributed by atoms with Gasteiger partial charge in [0, 0.05) is 25.5 Å². The molecule has 11 heavy (non-hydrogen) atoms. The van der Waals surface area contributed by atoms with Crippen LogP contribution in [-0.2, 0) is 0 Å². The van der Waals surface area contributed by atoms with Gasteiger partial charge in [0.15, 0.2) is 0 Å². The second-order valence-electron chi connectivity index (χ2n) is 2.81. The number of nitrogens with zero attached hydrogens (tertiary/aromatic N) is 2. The van der Waals surface area contributed by atoms with Crippen molar-refractivity contribution in [3.05, 3.63) is 25.1 Å². The van der Waals surface area contributed by atoms with Crippen molar-refractivity contribution in [1.82, 2.24) is 9.80 Å². The first-order valence-corrected chi connectivity index (χ1v) is 4.14. The Hall–Kier alpha value is -0.920. The highest BCUT2D eigenvalue weighted by atomic mass is 15.3. The molecule has 0 N–H and O–H groups in total. The molecule has 0 aromatic carbocycles. The lowest BCUT2D eigenvalue weighted by molar-refractivity contribution is 0.281. The Morgan fingerprint density at radius 3 is 2.82 bits per heavy atom. The van der Waals surface area contributed by atoms with E-state index in [1.807, 2.05) is 6.08 Å². The van der Waals surface area contributed by atoms with Gasteiger partial charge in [0.05, 0.1) is 6.67 Å². The van der Waals surface area contributed by atoms with Gasteiger partial charge in [-0.2, -0.15) is 0 Å². The van der Waals surface area contributed by atoms with Gasteiger partial charge in [0.2, 0.25) is 0 Å². The summed E-state index contributed by atoms with van der Waals surface area (Å²) in [4.78, 5) is 4.55. The van der Waals surface area contributed by atoms with Gasteiger partial charge < -0.3 is 9.80 Å². The molecule has 0 saturated heterocycles. The molecule has 0 radical (unpaired) electrons. The van der Waals surface area contributed by atoms with Crippen molar-refractivity contribution in [3.8, 4) is 0 Å². The van der Waals surface area contributed by atoms with E-state index in [-0.39, 0.29) is 0 Å². The molecule has 0 saturated carbocycles. The minimum absolute atomic E-state index is 0.955. The molecular formula is C9H16N2. The summed E-state index contributed by atoms with van der Waals surface area (Å²) in [6, 6.07) is 0. The van der Waals surface area contributed by atoms with Gasteiger partial charge in [-0.25, -0.2) is 0 Å². The number of hydrogen-bond donors (Lipinski definition) is 0. The molecule has 0 amide bonds. The van der Waals surface area contributed by atoms with Crippen LogP contribution in [-0.4, -0.2) is 29.6 Å². The molecule has 0 atom stereocenters. The molecule has 0 aliphatic carbocycles. The lowest BCUT2D eigenvalue weighted by Crippen LogP contribution is -2.25. The summed E-state index contributed by atoms with van der Waals surface area (Å²) in [6.07, 6.45) is 7.41. The molecule has 1 heterocycles. The summed E-state index contributed by atoms with van der Waals surface area (Å²) in [5.41, 5.74) is 0. The minimum Gasteiger partial charge on any atom is -0.359 e. The average molecular weight is 152 g/mol. The maximum Gasteiger partial charge on any atom is 0.0896 e. The van der Waals surface area contributed by atoms with Crippen LogP contribution in [0.1, 0.15) is 13.3 Å². The van der Waals surface area contributed by atoms with E-state index < -0.39 is 0 Å². The molecule has 1 aliphatic rings. The van der Waals surface area contributed by atoms with Crippen molar-refractivity contribution in [2.24, 2.45) is 0 Å². The molecule has 2 heteroatoms. The van der Waals surface area contributed by atoms with Crippen molar-refractivity contribution in [1.29, 1.82) is 0 Å². The van der Waals surface area contributed by atoms with Crippen LogP contribution in [0.15, 0.2) is 25.1 Å². The molecule has 1 aliphatic heterocycles.